The van der Waals surface area contributed by atoms with Crippen molar-refractivity contribution in [3.8, 4) is 39.8 Å². The lowest BCUT2D eigenvalue weighted by atomic mass is 10.1. The van der Waals surface area contributed by atoms with Crippen LogP contribution in [0.1, 0.15) is 12.5 Å². The van der Waals surface area contributed by atoms with Gasteiger partial charge in [0, 0.05) is 21.7 Å². The molecule has 1 N–H and O–H groups in total. The Morgan fingerprint density at radius 1 is 0.943 bits per heavy atom. The lowest BCUT2D eigenvalue weighted by Gasteiger charge is -2.13. The van der Waals surface area contributed by atoms with Crippen LogP contribution in [0.5, 0.6) is 17.2 Å². The minimum absolute atomic E-state index is 0.378. The molecule has 35 heavy (non-hydrogen) atoms. The van der Waals surface area contributed by atoms with Crippen LogP contribution < -0.4 is 14.2 Å². The largest absolute Gasteiger partial charge is 0.496 e. The van der Waals surface area contributed by atoms with Crippen LogP contribution in [0.3, 0.4) is 0 Å². The first-order valence-corrected chi connectivity index (χ1v) is 11.4. The van der Waals surface area contributed by atoms with Gasteiger partial charge < -0.3 is 19.3 Å². The minimum Gasteiger partial charge on any atom is -0.496 e. The van der Waals surface area contributed by atoms with E-state index in [1.807, 2.05) is 66.2 Å². The van der Waals surface area contributed by atoms with Crippen molar-refractivity contribution >= 4 is 17.6 Å². The molecular formula is C27H25ClN2O5. The number of methoxy groups -OCH3 is 1. The molecule has 0 aliphatic heterocycles. The van der Waals surface area contributed by atoms with Gasteiger partial charge >= 0.3 is 5.97 Å². The van der Waals surface area contributed by atoms with Crippen LogP contribution in [0.4, 0.5) is 0 Å². The number of para-hydroxylation sites is 2. The van der Waals surface area contributed by atoms with Gasteiger partial charge in [-0.2, -0.15) is 5.10 Å². The Labute approximate surface area is 208 Å². The molecule has 0 spiro atoms. The van der Waals surface area contributed by atoms with Gasteiger partial charge in [-0.1, -0.05) is 41.9 Å². The summed E-state index contributed by atoms with van der Waals surface area (Å²) in [5, 5.41) is 14.4. The Balaban J connectivity index is 1.87. The standard InChI is InChI=1S/C27H25ClN2O5/c1-3-34-25-11-7-5-9-20(25)23-15-22(21-14-19(28)12-13-26(21)35-17-27(31)32)29-30(23)16-18-8-4-6-10-24(18)33-2/h4-15H,3,16-17H2,1-2H3,(H,31,32). The van der Waals surface area contributed by atoms with E-state index >= 15 is 0 Å². The molecule has 0 saturated carbocycles. The average Bonchev–Trinajstić information content (AvgIpc) is 3.27. The molecule has 8 heteroatoms. The Kier molecular flexibility index (Phi) is 7.57. The van der Waals surface area contributed by atoms with E-state index in [1.165, 1.54) is 0 Å². The van der Waals surface area contributed by atoms with Gasteiger partial charge in [-0.25, -0.2) is 4.79 Å². The zero-order chi connectivity index (χ0) is 24.8. The number of nitrogens with zero attached hydrogens (tertiary/aromatic N) is 2. The first-order valence-electron chi connectivity index (χ1n) is 11.1. The molecule has 0 fully saturated rings. The summed E-state index contributed by atoms with van der Waals surface area (Å²) in [7, 11) is 1.64. The normalized spacial score (nSPS) is 10.7. The number of halogens is 1. The van der Waals surface area contributed by atoms with E-state index in [1.54, 1.807) is 25.3 Å². The number of hydrogen-bond donors (Lipinski definition) is 1. The van der Waals surface area contributed by atoms with Crippen LogP contribution in [0.25, 0.3) is 22.5 Å². The summed E-state index contributed by atoms with van der Waals surface area (Å²) in [5.41, 5.74) is 3.82. The fourth-order valence-corrected chi connectivity index (χ4v) is 3.98. The molecule has 1 heterocycles. The van der Waals surface area contributed by atoms with Gasteiger partial charge in [0.2, 0.25) is 0 Å². The van der Waals surface area contributed by atoms with E-state index < -0.39 is 12.6 Å². The van der Waals surface area contributed by atoms with Crippen LogP contribution in [0.2, 0.25) is 5.02 Å². The molecule has 0 radical (unpaired) electrons. The fraction of sp³-hybridized carbons (Fsp3) is 0.185. The van der Waals surface area contributed by atoms with Gasteiger partial charge in [0.1, 0.15) is 17.2 Å². The quantitative estimate of drug-likeness (QED) is 0.302. The maximum Gasteiger partial charge on any atom is 0.341 e. The van der Waals surface area contributed by atoms with Crippen molar-refractivity contribution in [1.82, 2.24) is 9.78 Å². The van der Waals surface area contributed by atoms with Crippen molar-refractivity contribution in [2.24, 2.45) is 0 Å². The third kappa shape index (κ3) is 5.58. The third-order valence-electron chi connectivity index (χ3n) is 5.32. The highest BCUT2D eigenvalue weighted by Crippen LogP contribution is 2.37. The fourth-order valence-electron chi connectivity index (χ4n) is 3.81. The number of carbonyl (C=O) groups is 1. The molecule has 0 aliphatic rings. The topological polar surface area (TPSA) is 82.8 Å². The molecule has 3 aromatic carbocycles. The summed E-state index contributed by atoms with van der Waals surface area (Å²) in [6.45, 7) is 2.42. The Bertz CT molecular complexity index is 1330. The number of aliphatic carboxylic acids is 1. The van der Waals surface area contributed by atoms with Crippen molar-refractivity contribution < 1.29 is 24.1 Å². The number of rotatable bonds is 10. The van der Waals surface area contributed by atoms with E-state index in [0.717, 1.165) is 28.3 Å². The number of benzene rings is 3. The number of carboxylic acids is 1. The molecule has 7 nitrogen and oxygen atoms in total. The van der Waals surface area contributed by atoms with Crippen molar-refractivity contribution in [2.75, 3.05) is 20.3 Å². The van der Waals surface area contributed by atoms with Crippen LogP contribution >= 0.6 is 11.6 Å². The number of carboxylic acid groups (broad SMARTS) is 1. The maximum atomic E-state index is 11.1. The van der Waals surface area contributed by atoms with Gasteiger partial charge in [0.15, 0.2) is 6.61 Å². The molecule has 0 atom stereocenters. The molecule has 0 unspecified atom stereocenters. The molecule has 0 saturated heterocycles. The smallest absolute Gasteiger partial charge is 0.341 e. The summed E-state index contributed by atoms with van der Waals surface area (Å²) in [6, 6.07) is 22.5. The number of hydrogen-bond acceptors (Lipinski definition) is 5. The Hall–Kier alpha value is -3.97. The van der Waals surface area contributed by atoms with E-state index in [9.17, 15) is 4.79 Å². The molecule has 4 rings (SSSR count). The lowest BCUT2D eigenvalue weighted by molar-refractivity contribution is -0.139. The minimum atomic E-state index is -1.07. The van der Waals surface area contributed by atoms with Crippen LogP contribution in [0.15, 0.2) is 72.8 Å². The predicted molar refractivity (Wildman–Crippen MR) is 135 cm³/mol. The van der Waals surface area contributed by atoms with E-state index in [-0.39, 0.29) is 0 Å². The van der Waals surface area contributed by atoms with E-state index in [4.69, 9.17) is 36.0 Å². The third-order valence-corrected chi connectivity index (χ3v) is 5.56. The van der Waals surface area contributed by atoms with E-state index in [0.29, 0.717) is 35.2 Å². The van der Waals surface area contributed by atoms with Gasteiger partial charge in [0.25, 0.3) is 0 Å². The highest BCUT2D eigenvalue weighted by molar-refractivity contribution is 6.31. The second-order valence-electron chi connectivity index (χ2n) is 7.64. The van der Waals surface area contributed by atoms with Crippen molar-refractivity contribution in [3.63, 3.8) is 0 Å². The molecule has 1 aromatic heterocycles. The molecule has 0 aliphatic carbocycles. The van der Waals surface area contributed by atoms with Gasteiger partial charge in [-0.05, 0) is 49.4 Å². The second kappa shape index (κ2) is 11.0. The van der Waals surface area contributed by atoms with Crippen LogP contribution in [-0.2, 0) is 11.3 Å². The first kappa shape index (κ1) is 24.2. The summed E-state index contributed by atoms with van der Waals surface area (Å²) in [6.07, 6.45) is 0. The molecular weight excluding hydrogens is 468 g/mol. The SMILES string of the molecule is CCOc1ccccc1-c1cc(-c2cc(Cl)ccc2OCC(=O)O)nn1Cc1ccccc1OC. The molecule has 180 valence electrons. The molecule has 0 bridgehead atoms. The highest BCUT2D eigenvalue weighted by Gasteiger charge is 2.19. The predicted octanol–water partition coefficient (Wildman–Crippen LogP) is 5.79. The van der Waals surface area contributed by atoms with Gasteiger partial charge in [0.05, 0.1) is 31.6 Å². The summed E-state index contributed by atoms with van der Waals surface area (Å²) >= 11 is 6.29. The first-order chi connectivity index (χ1) is 17.0. The van der Waals surface area contributed by atoms with Gasteiger partial charge in [-0.15, -0.1) is 0 Å². The average molecular weight is 493 g/mol. The van der Waals surface area contributed by atoms with Crippen molar-refractivity contribution in [1.29, 1.82) is 0 Å². The summed E-state index contributed by atoms with van der Waals surface area (Å²) in [5.74, 6) is 0.792. The summed E-state index contributed by atoms with van der Waals surface area (Å²) in [4.78, 5) is 11.1. The number of ether oxygens (including phenoxy) is 3. The van der Waals surface area contributed by atoms with Gasteiger partial charge in [-0.3, -0.25) is 4.68 Å². The maximum absolute atomic E-state index is 11.1. The zero-order valence-electron chi connectivity index (χ0n) is 19.4. The van der Waals surface area contributed by atoms with Crippen molar-refractivity contribution in [3.05, 3.63) is 83.4 Å². The highest BCUT2D eigenvalue weighted by atomic mass is 35.5. The molecule has 4 aromatic rings. The van der Waals surface area contributed by atoms with Crippen molar-refractivity contribution in [2.45, 2.75) is 13.5 Å². The molecule has 0 amide bonds. The second-order valence-corrected chi connectivity index (χ2v) is 8.07. The Morgan fingerprint density at radius 2 is 1.66 bits per heavy atom. The van der Waals surface area contributed by atoms with Crippen LogP contribution in [0, 0.1) is 0 Å². The van der Waals surface area contributed by atoms with E-state index in [2.05, 4.69) is 0 Å². The van der Waals surface area contributed by atoms with Crippen LogP contribution in [-0.4, -0.2) is 41.2 Å². The Morgan fingerprint density at radius 3 is 2.40 bits per heavy atom. The zero-order valence-corrected chi connectivity index (χ0v) is 20.2. The summed E-state index contributed by atoms with van der Waals surface area (Å²) < 4.78 is 18.8. The number of aromatic nitrogens is 2. The lowest BCUT2D eigenvalue weighted by Crippen LogP contribution is -2.10. The monoisotopic (exact) mass is 492 g/mol.